The average Bonchev–Trinajstić information content (AvgIpc) is 2.06. The largest absolute Gasteiger partial charge is 0.367 e. The van der Waals surface area contributed by atoms with Gasteiger partial charge in [-0.05, 0) is 12.8 Å². The first kappa shape index (κ1) is 8.81. The maximum atomic E-state index is 10.7. The van der Waals surface area contributed by atoms with Crippen LogP contribution in [0.2, 0.25) is 0 Å². The summed E-state index contributed by atoms with van der Waals surface area (Å²) in [5, 5.41) is 1.69. The molecule has 0 aromatic carbocycles. The maximum Gasteiger partial charge on any atom is 0.339 e. The molecule has 64 valence electrons. The molecule has 0 bridgehead atoms. The Balaban J connectivity index is 2.19. The monoisotopic (exact) mass is 177 g/mol. The molecule has 3 nitrogen and oxygen atoms in total. The van der Waals surface area contributed by atoms with Crippen LogP contribution < -0.4 is 0 Å². The predicted molar refractivity (Wildman–Crippen MR) is 42.2 cm³/mol. The molecule has 11 heavy (non-hydrogen) atoms. The van der Waals surface area contributed by atoms with E-state index in [-0.39, 0.29) is 11.8 Å². The van der Waals surface area contributed by atoms with Crippen molar-refractivity contribution in [2.24, 2.45) is 0 Å². The van der Waals surface area contributed by atoms with Crippen LogP contribution in [0.1, 0.15) is 19.3 Å². The molecule has 1 aliphatic heterocycles. The Morgan fingerprint density at radius 2 is 2.00 bits per heavy atom. The molecule has 0 aliphatic carbocycles. The third-order valence-corrected chi connectivity index (χ3v) is 1.87. The van der Waals surface area contributed by atoms with Gasteiger partial charge in [-0.2, -0.15) is 0 Å². The molecule has 1 aliphatic rings. The van der Waals surface area contributed by atoms with Crippen molar-refractivity contribution in [3.05, 3.63) is 0 Å². The topological polar surface area (TPSA) is 29.5 Å². The lowest BCUT2D eigenvalue weighted by atomic mass is 10.2. The summed E-state index contributed by atoms with van der Waals surface area (Å²) in [6.07, 6.45) is 3.44. The van der Waals surface area contributed by atoms with E-state index in [4.69, 9.17) is 16.4 Å². The van der Waals surface area contributed by atoms with Crippen molar-refractivity contribution in [2.45, 2.75) is 19.3 Å². The van der Waals surface area contributed by atoms with Crippen LogP contribution in [0.4, 0.5) is 0 Å². The Morgan fingerprint density at radius 3 is 2.55 bits per heavy atom. The van der Waals surface area contributed by atoms with Gasteiger partial charge in [0.1, 0.15) is 5.88 Å². The summed E-state index contributed by atoms with van der Waals surface area (Å²) in [6, 6.07) is 0. The molecule has 0 radical (unpaired) electrons. The number of alkyl halides is 1. The molecule has 1 saturated heterocycles. The Hall–Kier alpha value is -0.280. The third kappa shape index (κ3) is 3.08. The van der Waals surface area contributed by atoms with E-state index in [0.717, 1.165) is 25.9 Å². The van der Waals surface area contributed by atoms with Crippen LogP contribution in [0, 0.1) is 0 Å². The molecule has 1 heterocycles. The zero-order chi connectivity index (χ0) is 8.10. The van der Waals surface area contributed by atoms with Gasteiger partial charge in [-0.15, -0.1) is 16.7 Å². The van der Waals surface area contributed by atoms with E-state index >= 15 is 0 Å². The van der Waals surface area contributed by atoms with Gasteiger partial charge in [0.25, 0.3) is 0 Å². The molecule has 4 heteroatoms. The van der Waals surface area contributed by atoms with E-state index < -0.39 is 0 Å². The minimum atomic E-state index is -0.353. The van der Waals surface area contributed by atoms with Crippen molar-refractivity contribution in [1.29, 1.82) is 0 Å². The van der Waals surface area contributed by atoms with E-state index in [1.807, 2.05) is 0 Å². The number of carbonyl (C=O) groups excluding carboxylic acids is 1. The van der Waals surface area contributed by atoms with Crippen molar-refractivity contribution in [1.82, 2.24) is 5.06 Å². The number of nitrogens with zero attached hydrogens (tertiary/aromatic N) is 1. The maximum absolute atomic E-state index is 10.7. The third-order valence-electron chi connectivity index (χ3n) is 1.66. The number of carbonyl (C=O) groups is 1. The minimum absolute atomic E-state index is 0.0590. The van der Waals surface area contributed by atoms with Gasteiger partial charge >= 0.3 is 5.97 Å². The Bertz CT molecular complexity index is 134. The molecule has 0 amide bonds. The molecule has 1 fully saturated rings. The Morgan fingerprint density at radius 1 is 1.36 bits per heavy atom. The van der Waals surface area contributed by atoms with E-state index in [2.05, 4.69) is 0 Å². The Kier molecular flexibility index (Phi) is 3.66. The second-order valence-corrected chi connectivity index (χ2v) is 2.85. The molecule has 0 aromatic heterocycles. The number of hydroxylamine groups is 2. The highest BCUT2D eigenvalue weighted by atomic mass is 35.5. The normalized spacial score (nSPS) is 19.7. The second-order valence-electron chi connectivity index (χ2n) is 2.59. The molecule has 1 rings (SSSR count). The van der Waals surface area contributed by atoms with E-state index in [9.17, 15) is 4.79 Å². The summed E-state index contributed by atoms with van der Waals surface area (Å²) in [5.74, 6) is -0.412. The van der Waals surface area contributed by atoms with Crippen LogP contribution >= 0.6 is 11.6 Å². The number of piperidine rings is 1. The van der Waals surface area contributed by atoms with Gasteiger partial charge in [-0.3, -0.25) is 0 Å². The number of rotatable bonds is 2. The number of hydrogen-bond donors (Lipinski definition) is 0. The molecule has 0 aromatic rings. The fourth-order valence-electron chi connectivity index (χ4n) is 1.12. The van der Waals surface area contributed by atoms with E-state index in [1.54, 1.807) is 5.06 Å². The zero-order valence-corrected chi connectivity index (χ0v) is 7.14. The molecule has 0 N–H and O–H groups in total. The SMILES string of the molecule is O=C(CCl)ON1CCCCC1. The fourth-order valence-corrected chi connectivity index (χ4v) is 1.17. The summed E-state index contributed by atoms with van der Waals surface area (Å²) >= 11 is 5.27. The molecule has 0 spiro atoms. The first-order valence-electron chi connectivity index (χ1n) is 3.84. The lowest BCUT2D eigenvalue weighted by molar-refractivity contribution is -0.191. The molecular formula is C7H12ClNO2. The molecule has 0 saturated carbocycles. The van der Waals surface area contributed by atoms with Gasteiger partial charge < -0.3 is 4.84 Å². The molecular weight excluding hydrogens is 166 g/mol. The van der Waals surface area contributed by atoms with Crippen LogP contribution in [0.25, 0.3) is 0 Å². The highest BCUT2D eigenvalue weighted by Gasteiger charge is 2.13. The van der Waals surface area contributed by atoms with Gasteiger partial charge in [0.05, 0.1) is 0 Å². The van der Waals surface area contributed by atoms with Crippen molar-refractivity contribution < 1.29 is 9.63 Å². The first-order valence-corrected chi connectivity index (χ1v) is 4.38. The smallest absolute Gasteiger partial charge is 0.339 e. The highest BCUT2D eigenvalue weighted by Crippen LogP contribution is 2.08. The Labute approximate surface area is 71.2 Å². The van der Waals surface area contributed by atoms with Crippen LogP contribution in [-0.4, -0.2) is 30.0 Å². The van der Waals surface area contributed by atoms with Gasteiger partial charge in [-0.1, -0.05) is 6.42 Å². The standard InChI is InChI=1S/C7H12ClNO2/c8-6-7(10)11-9-4-2-1-3-5-9/h1-6H2. The van der Waals surface area contributed by atoms with Crippen LogP contribution in [0.15, 0.2) is 0 Å². The summed E-state index contributed by atoms with van der Waals surface area (Å²) < 4.78 is 0. The lowest BCUT2D eigenvalue weighted by Crippen LogP contribution is -2.32. The van der Waals surface area contributed by atoms with Crippen molar-refractivity contribution in [3.63, 3.8) is 0 Å². The second kappa shape index (κ2) is 4.57. The van der Waals surface area contributed by atoms with Crippen LogP contribution in [-0.2, 0) is 9.63 Å². The zero-order valence-electron chi connectivity index (χ0n) is 6.38. The van der Waals surface area contributed by atoms with Gasteiger partial charge in [0.15, 0.2) is 0 Å². The van der Waals surface area contributed by atoms with Crippen LogP contribution in [0.3, 0.4) is 0 Å². The van der Waals surface area contributed by atoms with E-state index in [1.165, 1.54) is 6.42 Å². The summed E-state index contributed by atoms with van der Waals surface area (Å²) in [6.45, 7) is 1.70. The quantitative estimate of drug-likeness (QED) is 0.593. The van der Waals surface area contributed by atoms with Gasteiger partial charge in [0, 0.05) is 13.1 Å². The van der Waals surface area contributed by atoms with Crippen LogP contribution in [0.5, 0.6) is 0 Å². The van der Waals surface area contributed by atoms with Gasteiger partial charge in [-0.25, -0.2) is 4.79 Å². The summed E-state index contributed by atoms with van der Waals surface area (Å²) in [7, 11) is 0. The number of hydrogen-bond acceptors (Lipinski definition) is 3. The summed E-state index contributed by atoms with van der Waals surface area (Å²) in [4.78, 5) is 15.6. The lowest BCUT2D eigenvalue weighted by Gasteiger charge is -2.24. The van der Waals surface area contributed by atoms with E-state index in [0.29, 0.717) is 0 Å². The fraction of sp³-hybridized carbons (Fsp3) is 0.857. The first-order chi connectivity index (χ1) is 5.33. The molecule has 0 atom stereocenters. The highest BCUT2D eigenvalue weighted by molar-refractivity contribution is 6.26. The average molecular weight is 178 g/mol. The number of halogens is 1. The minimum Gasteiger partial charge on any atom is -0.367 e. The molecule has 0 unspecified atom stereocenters. The van der Waals surface area contributed by atoms with Gasteiger partial charge in [0.2, 0.25) is 0 Å². The van der Waals surface area contributed by atoms with Crippen molar-refractivity contribution in [3.8, 4) is 0 Å². The van der Waals surface area contributed by atoms with Crippen molar-refractivity contribution >= 4 is 17.6 Å². The van der Waals surface area contributed by atoms with Crippen molar-refractivity contribution in [2.75, 3.05) is 19.0 Å². The predicted octanol–water partition coefficient (Wildman–Crippen LogP) is 1.17. The summed E-state index contributed by atoms with van der Waals surface area (Å²) in [5.41, 5.74) is 0.